The second-order valence-electron chi connectivity index (χ2n) is 2.65. The van der Waals surface area contributed by atoms with E-state index in [0.29, 0.717) is 10.7 Å². The lowest BCUT2D eigenvalue weighted by Gasteiger charge is -2.04. The van der Waals surface area contributed by atoms with Crippen molar-refractivity contribution in [3.8, 4) is 0 Å². The average Bonchev–Trinajstić information content (AvgIpc) is 2.15. The van der Waals surface area contributed by atoms with Gasteiger partial charge in [-0.25, -0.2) is 0 Å². The van der Waals surface area contributed by atoms with Crippen LogP contribution in [0.25, 0.3) is 10.9 Å². The summed E-state index contributed by atoms with van der Waals surface area (Å²) in [5, 5.41) is 1.54. The van der Waals surface area contributed by atoms with Gasteiger partial charge in [0.1, 0.15) is 0 Å². The van der Waals surface area contributed by atoms with Gasteiger partial charge in [-0.2, -0.15) is 0 Å². The van der Waals surface area contributed by atoms with E-state index in [-0.39, 0.29) is 0 Å². The summed E-state index contributed by atoms with van der Waals surface area (Å²) < 4.78 is 0.781. The first-order valence-corrected chi connectivity index (χ1v) is 4.85. The number of rotatable bonds is 0. The topological polar surface area (TPSA) is 38.9 Å². The molecule has 1 aromatic heterocycles. The average molecular weight is 258 g/mol. The molecule has 0 aliphatic heterocycles. The Hall–Kier alpha value is -0.800. The third-order valence-electron chi connectivity index (χ3n) is 1.83. The molecule has 0 spiro atoms. The molecule has 0 aliphatic rings. The third-order valence-corrected chi connectivity index (χ3v) is 2.80. The predicted molar refractivity (Wildman–Crippen MR) is 58.9 cm³/mol. The maximum Gasteiger partial charge on any atom is 0.0957 e. The van der Waals surface area contributed by atoms with Crippen LogP contribution in [0.5, 0.6) is 0 Å². The van der Waals surface area contributed by atoms with Crippen molar-refractivity contribution in [1.82, 2.24) is 4.98 Å². The number of fused-ring (bicyclic) bond motifs is 1. The minimum atomic E-state index is 0.625. The molecule has 0 atom stereocenters. The van der Waals surface area contributed by atoms with Gasteiger partial charge < -0.3 is 5.73 Å². The molecule has 0 radical (unpaired) electrons. The minimum Gasteiger partial charge on any atom is -0.396 e. The van der Waals surface area contributed by atoms with Crippen LogP contribution in [-0.2, 0) is 0 Å². The van der Waals surface area contributed by atoms with E-state index < -0.39 is 0 Å². The summed E-state index contributed by atoms with van der Waals surface area (Å²) in [6, 6.07) is 5.51. The number of benzene rings is 1. The second kappa shape index (κ2) is 3.16. The van der Waals surface area contributed by atoms with Crippen molar-refractivity contribution < 1.29 is 0 Å². The number of halogens is 2. The lowest BCUT2D eigenvalue weighted by molar-refractivity contribution is 1.41. The smallest absolute Gasteiger partial charge is 0.0957 e. The summed E-state index contributed by atoms with van der Waals surface area (Å²) >= 11 is 9.33. The lowest BCUT2D eigenvalue weighted by Crippen LogP contribution is -1.91. The molecule has 2 aromatic rings. The normalized spacial score (nSPS) is 10.6. The fourth-order valence-electron chi connectivity index (χ4n) is 1.19. The molecule has 13 heavy (non-hydrogen) atoms. The number of nitrogens with zero attached hydrogens (tertiary/aromatic N) is 1. The minimum absolute atomic E-state index is 0.625. The highest BCUT2D eigenvalue weighted by Gasteiger charge is 2.06. The standard InChI is InChI=1S/C9H6BrClN2/c10-6-4-7(11)5-2-1-3-13-9(5)8(6)12/h1-4H,12H2. The highest BCUT2D eigenvalue weighted by molar-refractivity contribution is 9.10. The first-order chi connectivity index (χ1) is 6.20. The van der Waals surface area contributed by atoms with Crippen LogP contribution in [0.15, 0.2) is 28.9 Å². The van der Waals surface area contributed by atoms with Gasteiger partial charge in [-0.15, -0.1) is 0 Å². The number of nitrogens with two attached hydrogens (primary N) is 1. The van der Waals surface area contributed by atoms with Crippen LogP contribution in [0, 0.1) is 0 Å². The van der Waals surface area contributed by atoms with Crippen molar-refractivity contribution >= 4 is 44.1 Å². The third kappa shape index (κ3) is 1.38. The van der Waals surface area contributed by atoms with Crippen LogP contribution >= 0.6 is 27.5 Å². The second-order valence-corrected chi connectivity index (χ2v) is 3.91. The van der Waals surface area contributed by atoms with Crippen molar-refractivity contribution in [2.24, 2.45) is 0 Å². The number of hydrogen-bond acceptors (Lipinski definition) is 2. The molecule has 0 aliphatic carbocycles. The Morgan fingerprint density at radius 1 is 1.46 bits per heavy atom. The molecule has 2 nitrogen and oxygen atoms in total. The zero-order valence-corrected chi connectivity index (χ0v) is 8.93. The molecule has 2 N–H and O–H groups in total. The molecular weight excluding hydrogens is 251 g/mol. The molecule has 0 fully saturated rings. The van der Waals surface area contributed by atoms with E-state index in [0.717, 1.165) is 15.4 Å². The number of anilines is 1. The molecule has 0 saturated carbocycles. The highest BCUT2D eigenvalue weighted by atomic mass is 79.9. The quantitative estimate of drug-likeness (QED) is 0.736. The molecule has 2 rings (SSSR count). The van der Waals surface area contributed by atoms with Gasteiger partial charge in [-0.1, -0.05) is 11.6 Å². The largest absolute Gasteiger partial charge is 0.396 e. The maximum atomic E-state index is 6.01. The van der Waals surface area contributed by atoms with Crippen LogP contribution < -0.4 is 5.73 Å². The van der Waals surface area contributed by atoms with Gasteiger partial charge in [0.25, 0.3) is 0 Å². The van der Waals surface area contributed by atoms with E-state index in [1.54, 1.807) is 12.3 Å². The first kappa shape index (κ1) is 8.78. The number of aromatic nitrogens is 1. The summed E-state index contributed by atoms with van der Waals surface area (Å²) in [6.07, 6.45) is 1.70. The van der Waals surface area contributed by atoms with Gasteiger partial charge >= 0.3 is 0 Å². The lowest BCUT2D eigenvalue weighted by atomic mass is 10.2. The Morgan fingerprint density at radius 2 is 2.23 bits per heavy atom. The Labute approximate surface area is 88.8 Å². The maximum absolute atomic E-state index is 6.01. The van der Waals surface area contributed by atoms with Gasteiger partial charge in [-0.05, 0) is 34.1 Å². The van der Waals surface area contributed by atoms with Crippen LogP contribution in [0.4, 0.5) is 5.69 Å². The predicted octanol–water partition coefficient (Wildman–Crippen LogP) is 3.23. The fourth-order valence-corrected chi connectivity index (χ4v) is 2.00. The molecule has 4 heteroatoms. The van der Waals surface area contributed by atoms with Gasteiger partial charge in [-0.3, -0.25) is 4.98 Å². The summed E-state index contributed by atoms with van der Waals surface area (Å²) in [4.78, 5) is 4.16. The van der Waals surface area contributed by atoms with E-state index in [1.807, 2.05) is 12.1 Å². The number of nitrogen functional groups attached to an aromatic ring is 1. The zero-order valence-electron chi connectivity index (χ0n) is 6.59. The molecule has 0 amide bonds. The van der Waals surface area contributed by atoms with E-state index >= 15 is 0 Å². The van der Waals surface area contributed by atoms with Crippen LogP contribution in [0.3, 0.4) is 0 Å². The molecular formula is C9H6BrClN2. The van der Waals surface area contributed by atoms with Gasteiger partial charge in [0.2, 0.25) is 0 Å². The van der Waals surface area contributed by atoms with E-state index in [4.69, 9.17) is 17.3 Å². The van der Waals surface area contributed by atoms with E-state index in [9.17, 15) is 0 Å². The highest BCUT2D eigenvalue weighted by Crippen LogP contribution is 2.32. The van der Waals surface area contributed by atoms with Crippen LogP contribution in [0.1, 0.15) is 0 Å². The summed E-state index contributed by atoms with van der Waals surface area (Å²) in [6.45, 7) is 0. The molecule has 1 aromatic carbocycles. The molecule has 0 bridgehead atoms. The van der Waals surface area contributed by atoms with Crippen molar-refractivity contribution in [2.45, 2.75) is 0 Å². The summed E-state index contributed by atoms with van der Waals surface area (Å²) in [7, 11) is 0. The molecule has 66 valence electrons. The van der Waals surface area contributed by atoms with Crippen molar-refractivity contribution in [2.75, 3.05) is 5.73 Å². The Kier molecular flexibility index (Phi) is 2.14. The number of pyridine rings is 1. The monoisotopic (exact) mass is 256 g/mol. The molecule has 1 heterocycles. The summed E-state index contributed by atoms with van der Waals surface area (Å²) in [5.41, 5.74) is 7.18. The zero-order chi connectivity index (χ0) is 9.42. The van der Waals surface area contributed by atoms with Gasteiger partial charge in [0.05, 0.1) is 16.2 Å². The van der Waals surface area contributed by atoms with Crippen molar-refractivity contribution in [3.63, 3.8) is 0 Å². The van der Waals surface area contributed by atoms with Crippen LogP contribution in [0.2, 0.25) is 5.02 Å². The first-order valence-electron chi connectivity index (χ1n) is 3.68. The summed E-state index contributed by atoms with van der Waals surface area (Å²) in [5.74, 6) is 0. The van der Waals surface area contributed by atoms with Crippen molar-refractivity contribution in [3.05, 3.63) is 33.9 Å². The SMILES string of the molecule is Nc1c(Br)cc(Cl)c2cccnc12. The number of hydrogen-bond donors (Lipinski definition) is 1. The van der Waals surface area contributed by atoms with Crippen LogP contribution in [-0.4, -0.2) is 4.98 Å². The Balaban J connectivity index is 2.97. The van der Waals surface area contributed by atoms with Gasteiger partial charge in [0.15, 0.2) is 0 Å². The molecule has 0 unspecified atom stereocenters. The van der Waals surface area contributed by atoms with E-state index in [1.165, 1.54) is 0 Å². The Morgan fingerprint density at radius 3 is 3.00 bits per heavy atom. The molecule has 0 saturated heterocycles. The Bertz CT molecular complexity index is 470. The van der Waals surface area contributed by atoms with Gasteiger partial charge in [0, 0.05) is 16.1 Å². The fraction of sp³-hybridized carbons (Fsp3) is 0. The van der Waals surface area contributed by atoms with E-state index in [2.05, 4.69) is 20.9 Å². The van der Waals surface area contributed by atoms with Crippen molar-refractivity contribution in [1.29, 1.82) is 0 Å².